The maximum atomic E-state index is 14.0. The maximum Gasteiger partial charge on any atom is 0.418 e. The van der Waals surface area contributed by atoms with Crippen LogP contribution in [0.5, 0.6) is 0 Å². The van der Waals surface area contributed by atoms with Gasteiger partial charge in [0.25, 0.3) is 0 Å². The van der Waals surface area contributed by atoms with Gasteiger partial charge in [0.2, 0.25) is 5.91 Å². The molecular weight excluding hydrogens is 669 g/mol. The Morgan fingerprint density at radius 3 is 2.38 bits per heavy atom. The van der Waals surface area contributed by atoms with Crippen LogP contribution in [0.3, 0.4) is 0 Å². The van der Waals surface area contributed by atoms with Crippen LogP contribution in [0, 0.1) is 0 Å². The lowest BCUT2D eigenvalue weighted by Gasteiger charge is -2.42. The third-order valence-electron chi connectivity index (χ3n) is 9.97. The molecule has 0 spiro atoms. The smallest absolute Gasteiger partial charge is 0.386 e. The summed E-state index contributed by atoms with van der Waals surface area (Å²) in [4.78, 5) is 47.9. The van der Waals surface area contributed by atoms with Crippen molar-refractivity contribution in [2.75, 3.05) is 70.0 Å². The monoisotopic (exact) mass is 710 g/mol. The molecule has 48 heavy (non-hydrogen) atoms. The molecule has 4 N–H and O–H groups in total. The first-order valence-electron chi connectivity index (χ1n) is 16.5. The Morgan fingerprint density at radius 1 is 1.00 bits per heavy atom. The molecule has 0 aliphatic carbocycles. The molecular formula is C32H42ClF3N8O3S. The lowest BCUT2D eigenvalue weighted by atomic mass is 9.99. The number of amides is 5. The highest BCUT2D eigenvalue weighted by Gasteiger charge is 2.38. The fourth-order valence-corrected chi connectivity index (χ4v) is 8.42. The molecule has 6 rings (SSSR count). The first-order chi connectivity index (χ1) is 23.0. The number of carbonyl (C=O) groups excluding carboxylic acids is 3. The van der Waals surface area contributed by atoms with E-state index < -0.39 is 23.8 Å². The van der Waals surface area contributed by atoms with Crippen LogP contribution in [0.1, 0.15) is 42.4 Å². The number of piperidine rings is 2. The van der Waals surface area contributed by atoms with Crippen LogP contribution >= 0.6 is 22.9 Å². The second-order valence-corrected chi connectivity index (χ2v) is 14.0. The quantitative estimate of drug-likeness (QED) is 0.337. The lowest BCUT2D eigenvalue weighted by molar-refractivity contribution is -0.137. The van der Waals surface area contributed by atoms with Crippen LogP contribution in [0.4, 0.5) is 34.1 Å². The van der Waals surface area contributed by atoms with Crippen molar-refractivity contribution in [3.8, 4) is 0 Å². The summed E-state index contributed by atoms with van der Waals surface area (Å²) in [5.41, 5.74) is 0.925. The van der Waals surface area contributed by atoms with E-state index in [1.54, 1.807) is 14.7 Å². The number of hydrogen-bond donors (Lipinski definition) is 4. The molecule has 11 nitrogen and oxygen atoms in total. The molecule has 1 atom stereocenters. The molecule has 5 amide bonds. The summed E-state index contributed by atoms with van der Waals surface area (Å²) >= 11 is 7.82. The predicted molar refractivity (Wildman–Crippen MR) is 180 cm³/mol. The number of carbonyl (C=O) groups is 3. The van der Waals surface area contributed by atoms with E-state index in [1.807, 2.05) is 10.8 Å². The van der Waals surface area contributed by atoms with Crippen molar-refractivity contribution in [2.24, 2.45) is 0 Å². The lowest BCUT2D eigenvalue weighted by Crippen LogP contribution is -2.59. The molecule has 5 heterocycles. The highest BCUT2D eigenvalue weighted by molar-refractivity contribution is 7.08. The Hall–Kier alpha value is -3.27. The molecule has 1 aromatic heterocycles. The average molecular weight is 711 g/mol. The number of rotatable bonds is 7. The van der Waals surface area contributed by atoms with E-state index in [4.69, 9.17) is 11.6 Å². The largest absolute Gasteiger partial charge is 0.418 e. The summed E-state index contributed by atoms with van der Waals surface area (Å²) in [7, 11) is 1.37. The van der Waals surface area contributed by atoms with E-state index >= 15 is 0 Å². The second-order valence-electron chi connectivity index (χ2n) is 12.9. The minimum Gasteiger partial charge on any atom is -0.386 e. The van der Waals surface area contributed by atoms with E-state index in [9.17, 15) is 27.6 Å². The molecule has 0 bridgehead atoms. The van der Waals surface area contributed by atoms with Crippen molar-refractivity contribution in [3.63, 3.8) is 0 Å². The van der Waals surface area contributed by atoms with Gasteiger partial charge in [-0.2, -0.15) is 13.2 Å². The van der Waals surface area contributed by atoms with Gasteiger partial charge in [0, 0.05) is 75.8 Å². The van der Waals surface area contributed by atoms with Crippen molar-refractivity contribution in [1.29, 1.82) is 0 Å². The van der Waals surface area contributed by atoms with E-state index in [1.165, 1.54) is 24.5 Å². The number of benzene rings is 1. The molecule has 16 heteroatoms. The van der Waals surface area contributed by atoms with E-state index in [-0.39, 0.29) is 40.7 Å². The minimum absolute atomic E-state index is 0.0515. The van der Waals surface area contributed by atoms with Gasteiger partial charge in [-0.3, -0.25) is 9.69 Å². The van der Waals surface area contributed by atoms with Gasteiger partial charge in [-0.1, -0.05) is 11.6 Å². The standard InChI is InChI=1S/C32H42ClF3N8O3S/c1-37-28-24(32(34,35)36)14-20(15-25(28)33)16-26(29(45)42-12-10-41(11-13-42)22-2-6-38-7-3-22)39-30(46)43-8-4-23(5-9-43)44-17-21-18-48-19-27(21)40-31(44)47/h14-15,18-19,22-23,26,37-38H,2-13,16-17H2,1H3,(H,39,46)(H,40,47)/t26-/m1/s1. The van der Waals surface area contributed by atoms with E-state index in [0.29, 0.717) is 64.7 Å². The third kappa shape index (κ3) is 7.63. The number of fused-ring (bicyclic) bond motifs is 1. The minimum atomic E-state index is -4.67. The molecule has 0 radical (unpaired) electrons. The predicted octanol–water partition coefficient (Wildman–Crippen LogP) is 4.49. The number of likely N-dealkylation sites (tertiary alicyclic amines) is 1. The van der Waals surface area contributed by atoms with Gasteiger partial charge >= 0.3 is 18.2 Å². The van der Waals surface area contributed by atoms with Crippen LogP contribution in [-0.4, -0.2) is 115 Å². The van der Waals surface area contributed by atoms with Crippen LogP contribution in [-0.2, 0) is 23.9 Å². The van der Waals surface area contributed by atoms with Gasteiger partial charge in [-0.25, -0.2) is 9.59 Å². The SMILES string of the molecule is CNc1c(Cl)cc(C[C@@H](NC(=O)N2CCC(N3Cc4cscc4NC3=O)CC2)C(=O)N2CCN(C3CCNCC3)CC2)cc1C(F)(F)F. The Balaban J connectivity index is 1.14. The number of nitrogens with one attached hydrogen (secondary N) is 4. The zero-order valence-electron chi connectivity index (χ0n) is 26.9. The fourth-order valence-electron chi connectivity index (χ4n) is 7.31. The number of hydrogen-bond acceptors (Lipinski definition) is 7. The molecule has 3 fully saturated rings. The number of nitrogens with zero attached hydrogens (tertiary/aromatic N) is 4. The molecule has 0 unspecified atom stereocenters. The summed E-state index contributed by atoms with van der Waals surface area (Å²) in [6, 6.07) is 1.10. The highest BCUT2D eigenvalue weighted by Crippen LogP contribution is 2.40. The van der Waals surface area contributed by atoms with Gasteiger partial charge in [-0.05, 0) is 61.8 Å². The molecule has 4 aliphatic rings. The second kappa shape index (κ2) is 14.7. The van der Waals surface area contributed by atoms with Gasteiger partial charge < -0.3 is 36.0 Å². The Bertz CT molecular complexity index is 1490. The first-order valence-corrected chi connectivity index (χ1v) is 17.8. The summed E-state index contributed by atoms with van der Waals surface area (Å²) in [6.45, 7) is 5.51. The summed E-state index contributed by atoms with van der Waals surface area (Å²) in [5.74, 6) is -0.331. The van der Waals surface area contributed by atoms with Gasteiger partial charge in [0.15, 0.2) is 0 Å². The zero-order valence-corrected chi connectivity index (χ0v) is 28.4. The molecule has 262 valence electrons. The Kier molecular flexibility index (Phi) is 10.6. The molecule has 3 saturated heterocycles. The summed E-state index contributed by atoms with van der Waals surface area (Å²) in [6.07, 6.45) is -1.61. The van der Waals surface area contributed by atoms with E-state index in [2.05, 4.69) is 26.2 Å². The zero-order chi connectivity index (χ0) is 34.0. The van der Waals surface area contributed by atoms with Crippen molar-refractivity contribution in [2.45, 2.75) is 63.0 Å². The number of urea groups is 2. The van der Waals surface area contributed by atoms with Crippen molar-refractivity contribution in [1.82, 2.24) is 30.2 Å². The van der Waals surface area contributed by atoms with E-state index in [0.717, 1.165) is 43.2 Å². The van der Waals surface area contributed by atoms with Gasteiger partial charge in [0.1, 0.15) is 6.04 Å². The highest BCUT2D eigenvalue weighted by atomic mass is 35.5. The van der Waals surface area contributed by atoms with Crippen LogP contribution in [0.2, 0.25) is 5.02 Å². The van der Waals surface area contributed by atoms with Crippen molar-refractivity contribution >= 4 is 52.3 Å². The summed E-state index contributed by atoms with van der Waals surface area (Å²) < 4.78 is 42.0. The average Bonchev–Trinajstić information content (AvgIpc) is 3.54. The molecule has 4 aliphatic heterocycles. The molecule has 0 saturated carbocycles. The van der Waals surface area contributed by atoms with Gasteiger partial charge in [0.05, 0.1) is 28.5 Å². The van der Waals surface area contributed by atoms with Crippen molar-refractivity contribution in [3.05, 3.63) is 44.6 Å². The van der Waals surface area contributed by atoms with Gasteiger partial charge in [-0.15, -0.1) is 11.3 Å². The number of alkyl halides is 3. The fraction of sp³-hybridized carbons (Fsp3) is 0.594. The van der Waals surface area contributed by atoms with Crippen LogP contribution in [0.25, 0.3) is 0 Å². The third-order valence-corrected chi connectivity index (χ3v) is 11.1. The van der Waals surface area contributed by atoms with Crippen LogP contribution in [0.15, 0.2) is 22.9 Å². The molecule has 1 aromatic carbocycles. The van der Waals surface area contributed by atoms with Crippen molar-refractivity contribution < 1.29 is 27.6 Å². The topological polar surface area (TPSA) is 112 Å². The van der Waals surface area contributed by atoms with Crippen LogP contribution < -0.4 is 21.3 Å². The normalized spacial score (nSPS) is 20.7. The number of thiophene rings is 1. The summed E-state index contributed by atoms with van der Waals surface area (Å²) in [5, 5.41) is 15.5. The maximum absolute atomic E-state index is 14.0. The number of halogens is 4. The Labute approximate surface area is 287 Å². The Morgan fingerprint density at radius 2 is 1.71 bits per heavy atom. The number of anilines is 2. The molecule has 2 aromatic rings. The first kappa shape index (κ1) is 34.6. The number of piperazine rings is 1.